The van der Waals surface area contributed by atoms with Crippen molar-refractivity contribution in [2.75, 3.05) is 12.9 Å². The highest BCUT2D eigenvalue weighted by atomic mass is 32.2. The molecule has 2 rings (SSSR count). The molecule has 1 N–H and O–H groups in total. The third-order valence-corrected chi connectivity index (χ3v) is 6.85. The molecule has 0 spiro atoms. The normalized spacial score (nSPS) is 31.3. The number of rotatable bonds is 8. The van der Waals surface area contributed by atoms with E-state index in [4.69, 9.17) is 8.92 Å². The Kier molecular flexibility index (Phi) is 9.08. The molecular weight excluding hydrogens is 461 g/mol. The van der Waals surface area contributed by atoms with Crippen molar-refractivity contribution in [2.45, 2.75) is 69.8 Å². The number of piperidine rings is 1. The van der Waals surface area contributed by atoms with Gasteiger partial charge in [0.05, 0.1) is 30.9 Å². The molecule has 0 bridgehead atoms. The molecular formula is C20H30F5NO5S. The Morgan fingerprint density at radius 3 is 2.25 bits per heavy atom. The second kappa shape index (κ2) is 10.8. The summed E-state index contributed by atoms with van der Waals surface area (Å²) in [5.74, 6) is -6.19. The van der Waals surface area contributed by atoms with Gasteiger partial charge in [0.1, 0.15) is 6.04 Å². The second-order valence-corrected chi connectivity index (χ2v) is 9.98. The Hall–Kier alpha value is -1.27. The van der Waals surface area contributed by atoms with E-state index in [0.29, 0.717) is 31.9 Å². The molecule has 6 unspecified atom stereocenters. The molecule has 32 heavy (non-hydrogen) atoms. The van der Waals surface area contributed by atoms with Crippen molar-refractivity contribution in [3.05, 3.63) is 12.7 Å². The van der Waals surface area contributed by atoms with Crippen LogP contribution in [0.15, 0.2) is 12.7 Å². The Bertz CT molecular complexity index is 754. The molecule has 12 heteroatoms. The third kappa shape index (κ3) is 6.40. The maximum absolute atomic E-state index is 14.1. The first-order valence-electron chi connectivity index (χ1n) is 10.6. The number of carbonyl (C=O) groups is 1. The van der Waals surface area contributed by atoms with Crippen LogP contribution in [0.3, 0.4) is 0 Å². The molecule has 1 saturated carbocycles. The quantitative estimate of drug-likeness (QED) is 0.242. The van der Waals surface area contributed by atoms with Crippen LogP contribution in [0.5, 0.6) is 0 Å². The van der Waals surface area contributed by atoms with Gasteiger partial charge in [-0.3, -0.25) is 14.3 Å². The van der Waals surface area contributed by atoms with Gasteiger partial charge in [0.25, 0.3) is 16.5 Å². The average molecular weight is 492 g/mol. The van der Waals surface area contributed by atoms with Crippen LogP contribution in [-0.2, 0) is 23.8 Å². The van der Waals surface area contributed by atoms with Crippen molar-refractivity contribution >= 4 is 16.1 Å². The van der Waals surface area contributed by atoms with Crippen LogP contribution in [0, 0.1) is 23.7 Å². The molecule has 6 nitrogen and oxygen atoms in total. The Morgan fingerprint density at radius 2 is 1.81 bits per heavy atom. The van der Waals surface area contributed by atoms with E-state index < -0.39 is 70.5 Å². The third-order valence-electron chi connectivity index (χ3n) is 6.28. The minimum absolute atomic E-state index is 0.190. The summed E-state index contributed by atoms with van der Waals surface area (Å²) in [4.78, 5) is 12.8. The number of esters is 1. The zero-order valence-corrected chi connectivity index (χ0v) is 18.8. The second-order valence-electron chi connectivity index (χ2n) is 8.38. The lowest BCUT2D eigenvalue weighted by Crippen LogP contribution is -2.68. The highest BCUT2D eigenvalue weighted by molar-refractivity contribution is 7.86. The van der Waals surface area contributed by atoms with Crippen LogP contribution in [0.2, 0.25) is 0 Å². The summed E-state index contributed by atoms with van der Waals surface area (Å²) >= 11 is 0. The number of carbonyl (C=O) groups excluding carboxylic acids is 1. The van der Waals surface area contributed by atoms with E-state index in [1.807, 2.05) is 5.32 Å². The fourth-order valence-electron chi connectivity index (χ4n) is 5.21. The van der Waals surface area contributed by atoms with E-state index in [-0.39, 0.29) is 6.61 Å². The maximum atomic E-state index is 14.1. The molecule has 1 heterocycles. The molecule has 0 radical (unpaired) electrons. The number of nitrogens with one attached hydrogen (secondary N) is 1. The van der Waals surface area contributed by atoms with Crippen molar-refractivity contribution in [1.82, 2.24) is 5.32 Å². The predicted octanol–water partition coefficient (Wildman–Crippen LogP) is 3.68. The summed E-state index contributed by atoms with van der Waals surface area (Å²) in [5.41, 5.74) is 0. The van der Waals surface area contributed by atoms with Gasteiger partial charge in [0, 0.05) is 5.92 Å². The zero-order valence-electron chi connectivity index (χ0n) is 18.0. The van der Waals surface area contributed by atoms with E-state index in [0.717, 1.165) is 12.5 Å². The summed E-state index contributed by atoms with van der Waals surface area (Å²) in [6.45, 7) is 4.71. The van der Waals surface area contributed by atoms with Crippen LogP contribution in [0.1, 0.15) is 39.0 Å². The lowest BCUT2D eigenvalue weighted by atomic mass is 9.60. The van der Waals surface area contributed by atoms with E-state index in [2.05, 4.69) is 6.58 Å². The number of hydrogen-bond acceptors (Lipinski definition) is 6. The zero-order chi connectivity index (χ0) is 24.3. The van der Waals surface area contributed by atoms with E-state index >= 15 is 0 Å². The van der Waals surface area contributed by atoms with Crippen LogP contribution in [0.4, 0.5) is 22.0 Å². The van der Waals surface area contributed by atoms with E-state index in [1.54, 1.807) is 0 Å². The van der Waals surface area contributed by atoms with E-state index in [1.165, 1.54) is 6.92 Å². The SMILES string of the molecule is C=CC(OS(C)(=O)=O)C1C(C(F)F)NC(C(F)(F)F)C(C(=O)OCC)C1C1CCCCC1. The first kappa shape index (κ1) is 27.0. The van der Waals surface area contributed by atoms with Gasteiger partial charge in [-0.2, -0.15) is 21.6 Å². The fourth-order valence-corrected chi connectivity index (χ4v) is 5.82. The molecule has 0 amide bonds. The van der Waals surface area contributed by atoms with E-state index in [9.17, 15) is 35.2 Å². The highest BCUT2D eigenvalue weighted by Gasteiger charge is 2.61. The standard InChI is InChI=1S/C20H30F5NO5S/c1-4-12(31-32(3,28)29)14-13(11-9-7-6-8-10-11)15(19(27)30-5-2)17(20(23,24)25)26-16(14)18(21)22/h4,11-18,26H,1,5-10H2,2-3H3. The van der Waals surface area contributed by atoms with Crippen molar-refractivity contribution < 1.29 is 44.1 Å². The lowest BCUT2D eigenvalue weighted by Gasteiger charge is -2.51. The molecule has 0 aromatic carbocycles. The molecule has 0 aromatic rings. The molecule has 6 atom stereocenters. The Morgan fingerprint density at radius 1 is 1.22 bits per heavy atom. The van der Waals surface area contributed by atoms with Gasteiger partial charge in [0.2, 0.25) is 0 Å². The number of alkyl halides is 5. The van der Waals surface area contributed by atoms with Crippen molar-refractivity contribution in [3.63, 3.8) is 0 Å². The minimum Gasteiger partial charge on any atom is -0.466 e. The maximum Gasteiger partial charge on any atom is 0.404 e. The van der Waals surface area contributed by atoms with Gasteiger partial charge >= 0.3 is 12.1 Å². The average Bonchev–Trinajstić information content (AvgIpc) is 2.69. The molecule has 1 aliphatic heterocycles. The topological polar surface area (TPSA) is 81.7 Å². The number of ether oxygens (including phenoxy) is 1. The number of hydrogen-bond donors (Lipinski definition) is 1. The van der Waals surface area contributed by atoms with Crippen molar-refractivity contribution in [1.29, 1.82) is 0 Å². The smallest absolute Gasteiger partial charge is 0.404 e. The first-order chi connectivity index (χ1) is 14.8. The van der Waals surface area contributed by atoms with Gasteiger partial charge in [-0.15, -0.1) is 6.58 Å². The lowest BCUT2D eigenvalue weighted by molar-refractivity contribution is -0.211. The van der Waals surface area contributed by atoms with Crippen LogP contribution >= 0.6 is 0 Å². The van der Waals surface area contributed by atoms with Crippen LogP contribution in [0.25, 0.3) is 0 Å². The van der Waals surface area contributed by atoms with Crippen LogP contribution in [-0.4, -0.2) is 58.0 Å². The van der Waals surface area contributed by atoms with Gasteiger partial charge in [-0.25, -0.2) is 8.78 Å². The van der Waals surface area contributed by atoms with Gasteiger partial charge in [-0.1, -0.05) is 38.2 Å². The molecule has 1 saturated heterocycles. The highest BCUT2D eigenvalue weighted by Crippen LogP contribution is 2.49. The summed E-state index contributed by atoms with van der Waals surface area (Å²) in [7, 11) is -4.16. The Labute approximate surface area is 185 Å². The monoisotopic (exact) mass is 491 g/mol. The summed E-state index contributed by atoms with van der Waals surface area (Å²) in [6.07, 6.45) is -5.09. The van der Waals surface area contributed by atoms with Crippen molar-refractivity contribution in [2.24, 2.45) is 23.7 Å². The van der Waals surface area contributed by atoms with Crippen LogP contribution < -0.4 is 5.32 Å². The van der Waals surface area contributed by atoms with Gasteiger partial charge in [-0.05, 0) is 18.8 Å². The fraction of sp³-hybridized carbons (Fsp3) is 0.850. The Balaban J connectivity index is 2.68. The molecule has 2 aliphatic rings. The summed E-state index contributed by atoms with van der Waals surface area (Å²) < 4.78 is 104. The minimum atomic E-state index is -5.01. The van der Waals surface area contributed by atoms with Crippen molar-refractivity contribution in [3.8, 4) is 0 Å². The summed E-state index contributed by atoms with van der Waals surface area (Å²) in [6, 6.07) is -4.63. The first-order valence-corrected chi connectivity index (χ1v) is 12.4. The predicted molar refractivity (Wildman–Crippen MR) is 106 cm³/mol. The molecule has 186 valence electrons. The number of halogens is 5. The molecule has 2 fully saturated rings. The van der Waals surface area contributed by atoms with Gasteiger partial charge < -0.3 is 4.74 Å². The molecule has 1 aliphatic carbocycles. The summed E-state index contributed by atoms with van der Waals surface area (Å²) in [5, 5.41) is 1.90. The van der Waals surface area contributed by atoms with Gasteiger partial charge in [0.15, 0.2) is 0 Å². The molecule has 0 aromatic heterocycles. The largest absolute Gasteiger partial charge is 0.466 e.